The molecule has 72 valence electrons. The molecule has 0 N–H and O–H groups in total. The highest BCUT2D eigenvalue weighted by atomic mass is 16.5. The minimum absolute atomic E-state index is 0.293. The molecule has 0 fully saturated rings. The summed E-state index contributed by atoms with van der Waals surface area (Å²) in [4.78, 5) is 21.1. The molecule has 0 atom stereocenters. The summed E-state index contributed by atoms with van der Waals surface area (Å²) in [5.41, 5.74) is 0.368. The molecule has 0 heterocycles. The van der Waals surface area contributed by atoms with Crippen molar-refractivity contribution in [2.24, 2.45) is 0 Å². The van der Waals surface area contributed by atoms with Crippen LogP contribution in [-0.2, 0) is 4.79 Å². The van der Waals surface area contributed by atoms with E-state index in [1.807, 2.05) is 6.92 Å². The average Bonchev–Trinajstić information content (AvgIpc) is 2.26. The molecule has 1 aromatic rings. The topological polar surface area (TPSA) is 43.4 Å². The Morgan fingerprint density at radius 2 is 1.93 bits per heavy atom. The molecule has 3 nitrogen and oxygen atoms in total. The molecule has 0 radical (unpaired) electrons. The molecular formula is C11H10O3. The average molecular weight is 190 g/mol. The molecular weight excluding hydrogens is 180 g/mol. The molecule has 0 saturated carbocycles. The van der Waals surface area contributed by atoms with E-state index >= 15 is 0 Å². The first kappa shape index (κ1) is 10.2. The van der Waals surface area contributed by atoms with E-state index in [1.165, 1.54) is 6.26 Å². The van der Waals surface area contributed by atoms with E-state index in [0.29, 0.717) is 17.6 Å². The molecule has 0 aromatic heterocycles. The van der Waals surface area contributed by atoms with Gasteiger partial charge in [0.25, 0.3) is 0 Å². The van der Waals surface area contributed by atoms with Gasteiger partial charge in [0.1, 0.15) is 5.75 Å². The van der Waals surface area contributed by atoms with Gasteiger partial charge in [-0.15, -0.1) is 0 Å². The van der Waals surface area contributed by atoms with E-state index < -0.39 is 5.78 Å². The van der Waals surface area contributed by atoms with Crippen LogP contribution in [0.1, 0.15) is 17.3 Å². The van der Waals surface area contributed by atoms with Crippen LogP contribution in [0.3, 0.4) is 0 Å². The number of carbonyl (C=O) groups is 2. The summed E-state index contributed by atoms with van der Waals surface area (Å²) in [7, 11) is 0. The Bertz CT molecular complexity index is 349. The summed E-state index contributed by atoms with van der Waals surface area (Å²) in [5, 5.41) is 0. The van der Waals surface area contributed by atoms with Crippen LogP contribution in [0.5, 0.6) is 5.75 Å². The Morgan fingerprint density at radius 3 is 2.43 bits per heavy atom. The zero-order valence-corrected chi connectivity index (χ0v) is 7.77. The molecule has 0 unspecified atom stereocenters. The predicted octanol–water partition coefficient (Wildman–Crippen LogP) is 1.98. The summed E-state index contributed by atoms with van der Waals surface area (Å²) < 4.78 is 5.14. The van der Waals surface area contributed by atoms with E-state index in [9.17, 15) is 9.59 Å². The number of Topliss-reactive ketones (excluding diaryl/α,β-unsaturated/α-hetero) is 1. The molecule has 0 aliphatic carbocycles. The van der Waals surface area contributed by atoms with Crippen molar-refractivity contribution in [2.75, 3.05) is 0 Å². The maximum atomic E-state index is 10.9. The maximum Gasteiger partial charge on any atom is 0.225 e. The summed E-state index contributed by atoms with van der Waals surface area (Å²) >= 11 is 0. The second kappa shape index (κ2) is 4.97. The van der Waals surface area contributed by atoms with Gasteiger partial charge in [-0.1, -0.05) is 6.08 Å². The molecule has 0 amide bonds. The molecule has 14 heavy (non-hydrogen) atoms. The lowest BCUT2D eigenvalue weighted by Gasteiger charge is -1.99. The number of benzene rings is 1. The minimum Gasteiger partial charge on any atom is -0.465 e. The van der Waals surface area contributed by atoms with Crippen LogP contribution in [0.25, 0.3) is 0 Å². The summed E-state index contributed by atoms with van der Waals surface area (Å²) in [5.74, 6) is 0.105. The van der Waals surface area contributed by atoms with Crippen molar-refractivity contribution >= 4 is 12.1 Å². The lowest BCUT2D eigenvalue weighted by atomic mass is 10.1. The fourth-order valence-corrected chi connectivity index (χ4v) is 0.912. The largest absolute Gasteiger partial charge is 0.465 e. The number of hydrogen-bond donors (Lipinski definition) is 0. The van der Waals surface area contributed by atoms with Gasteiger partial charge in [-0.3, -0.25) is 9.59 Å². The Labute approximate surface area is 82.0 Å². The molecule has 0 aliphatic rings. The van der Waals surface area contributed by atoms with E-state index in [1.54, 1.807) is 30.3 Å². The summed E-state index contributed by atoms with van der Waals surface area (Å²) in [6.45, 7) is 1.84. The predicted molar refractivity (Wildman–Crippen MR) is 52.3 cm³/mol. The number of hydrogen-bond acceptors (Lipinski definition) is 3. The number of carbonyl (C=O) groups excluding carboxylic acids is 2. The first-order valence-electron chi connectivity index (χ1n) is 4.15. The van der Waals surface area contributed by atoms with Gasteiger partial charge in [0.2, 0.25) is 5.78 Å². The van der Waals surface area contributed by atoms with Crippen LogP contribution in [0.2, 0.25) is 0 Å². The Kier molecular flexibility index (Phi) is 3.61. The Morgan fingerprint density at radius 1 is 1.29 bits per heavy atom. The van der Waals surface area contributed by atoms with Crippen molar-refractivity contribution in [1.29, 1.82) is 0 Å². The molecule has 3 heteroatoms. The smallest absolute Gasteiger partial charge is 0.225 e. The van der Waals surface area contributed by atoms with E-state index in [4.69, 9.17) is 4.74 Å². The number of aldehydes is 1. The Balaban J connectivity index is 2.78. The molecule has 0 saturated heterocycles. The normalized spacial score (nSPS) is 10.1. The summed E-state index contributed by atoms with van der Waals surface area (Å²) in [6, 6.07) is 6.37. The van der Waals surface area contributed by atoms with Crippen molar-refractivity contribution < 1.29 is 14.3 Å². The van der Waals surface area contributed by atoms with Gasteiger partial charge in [0.05, 0.1) is 6.26 Å². The highest BCUT2D eigenvalue weighted by molar-refractivity contribution is 6.33. The fraction of sp³-hybridized carbons (Fsp3) is 0.0909. The summed E-state index contributed by atoms with van der Waals surface area (Å²) in [6.07, 6.45) is 3.59. The second-order valence-electron chi connectivity index (χ2n) is 2.59. The third-order valence-corrected chi connectivity index (χ3v) is 1.59. The molecule has 1 rings (SSSR count). The van der Waals surface area contributed by atoms with Crippen molar-refractivity contribution in [3.05, 3.63) is 42.2 Å². The van der Waals surface area contributed by atoms with E-state index in [-0.39, 0.29) is 0 Å². The van der Waals surface area contributed by atoms with Gasteiger partial charge in [0, 0.05) is 5.56 Å². The Hall–Kier alpha value is -1.90. The third-order valence-electron chi connectivity index (χ3n) is 1.59. The lowest BCUT2D eigenvalue weighted by molar-refractivity contribution is -0.104. The van der Waals surface area contributed by atoms with Crippen LogP contribution in [0.4, 0.5) is 0 Å². The molecule has 0 bridgehead atoms. The van der Waals surface area contributed by atoms with Crippen LogP contribution < -0.4 is 4.74 Å². The van der Waals surface area contributed by atoms with Gasteiger partial charge in [-0.2, -0.15) is 0 Å². The zero-order valence-electron chi connectivity index (χ0n) is 7.77. The highest BCUT2D eigenvalue weighted by Crippen LogP contribution is 2.12. The van der Waals surface area contributed by atoms with Crippen molar-refractivity contribution in [3.8, 4) is 5.75 Å². The van der Waals surface area contributed by atoms with Crippen LogP contribution in [-0.4, -0.2) is 12.1 Å². The molecule has 0 aliphatic heterocycles. The van der Waals surface area contributed by atoms with Gasteiger partial charge >= 0.3 is 0 Å². The maximum absolute atomic E-state index is 10.9. The fourth-order valence-electron chi connectivity index (χ4n) is 0.912. The number of allylic oxidation sites excluding steroid dienone is 1. The van der Waals surface area contributed by atoms with Gasteiger partial charge in [-0.05, 0) is 31.2 Å². The highest BCUT2D eigenvalue weighted by Gasteiger charge is 2.02. The van der Waals surface area contributed by atoms with Crippen molar-refractivity contribution in [3.63, 3.8) is 0 Å². The lowest BCUT2D eigenvalue weighted by Crippen LogP contribution is -1.98. The SMILES string of the molecule is CC=COc1ccc(C(=O)C=O)cc1. The van der Waals surface area contributed by atoms with Gasteiger partial charge in [0.15, 0.2) is 6.29 Å². The van der Waals surface area contributed by atoms with Gasteiger partial charge < -0.3 is 4.74 Å². The minimum atomic E-state index is -0.525. The zero-order chi connectivity index (χ0) is 10.4. The van der Waals surface area contributed by atoms with Gasteiger partial charge in [-0.25, -0.2) is 0 Å². The monoisotopic (exact) mass is 190 g/mol. The number of rotatable bonds is 4. The first-order valence-corrected chi connectivity index (χ1v) is 4.15. The van der Waals surface area contributed by atoms with Crippen LogP contribution in [0, 0.1) is 0 Å². The van der Waals surface area contributed by atoms with E-state index in [0.717, 1.165) is 0 Å². The van der Waals surface area contributed by atoms with Crippen LogP contribution >= 0.6 is 0 Å². The second-order valence-corrected chi connectivity index (χ2v) is 2.59. The first-order chi connectivity index (χ1) is 6.77. The van der Waals surface area contributed by atoms with Crippen molar-refractivity contribution in [1.82, 2.24) is 0 Å². The molecule has 1 aromatic carbocycles. The van der Waals surface area contributed by atoms with Crippen LogP contribution in [0.15, 0.2) is 36.6 Å². The quantitative estimate of drug-likeness (QED) is 0.315. The number of ketones is 1. The molecule has 0 spiro atoms. The van der Waals surface area contributed by atoms with Crippen molar-refractivity contribution in [2.45, 2.75) is 6.92 Å². The standard InChI is InChI=1S/C11H10O3/c1-2-7-14-10-5-3-9(4-6-10)11(13)8-12/h2-8H,1H3. The number of ether oxygens (including phenoxy) is 1. The third kappa shape index (κ3) is 2.55. The van der Waals surface area contributed by atoms with E-state index in [2.05, 4.69) is 0 Å².